The van der Waals surface area contributed by atoms with Crippen molar-refractivity contribution in [1.82, 2.24) is 4.98 Å². The molecule has 0 amide bonds. The van der Waals surface area contributed by atoms with E-state index in [1.54, 1.807) is 29.1 Å². The van der Waals surface area contributed by atoms with Crippen LogP contribution in [0.4, 0.5) is 5.13 Å². The molecular formula is C8H8N2O2S3. The fourth-order valence-electron chi connectivity index (χ4n) is 1.02. The lowest BCUT2D eigenvalue weighted by Crippen LogP contribution is -2.25. The molecule has 0 aliphatic carbocycles. The number of thiazole rings is 1. The Morgan fingerprint density at radius 3 is 2.67 bits per heavy atom. The average Bonchev–Trinajstić information content (AvgIpc) is 2.89. The van der Waals surface area contributed by atoms with Crippen LogP contribution >= 0.6 is 22.7 Å². The van der Waals surface area contributed by atoms with Crippen LogP contribution in [0.25, 0.3) is 0 Å². The molecule has 2 rings (SSSR count). The third-order valence-electron chi connectivity index (χ3n) is 1.80. The Morgan fingerprint density at radius 1 is 1.33 bits per heavy atom. The molecule has 0 spiro atoms. The molecule has 0 bridgehead atoms. The van der Waals surface area contributed by atoms with E-state index in [-0.39, 0.29) is 0 Å². The molecule has 2 heterocycles. The van der Waals surface area contributed by atoms with Crippen molar-refractivity contribution in [2.45, 2.75) is 4.21 Å². The van der Waals surface area contributed by atoms with E-state index in [1.807, 2.05) is 0 Å². The lowest BCUT2D eigenvalue weighted by atomic mass is 10.7. The van der Waals surface area contributed by atoms with Crippen molar-refractivity contribution in [3.05, 3.63) is 29.1 Å². The molecule has 0 unspecified atom stereocenters. The molecule has 0 atom stereocenters. The van der Waals surface area contributed by atoms with Crippen LogP contribution in [0, 0.1) is 0 Å². The van der Waals surface area contributed by atoms with Crippen LogP contribution in [0.15, 0.2) is 33.3 Å². The lowest BCUT2D eigenvalue weighted by molar-refractivity contribution is 0.596. The predicted octanol–water partition coefficient (Wildman–Crippen LogP) is 2.03. The standard InChI is InChI=1S/C8H8N2O2S3/c1-10(8-9-4-6-14-8)15(11,12)7-3-2-5-13-7/h2-6H,1H3. The van der Waals surface area contributed by atoms with E-state index >= 15 is 0 Å². The third kappa shape index (κ3) is 1.90. The van der Waals surface area contributed by atoms with Crippen LogP contribution in [0.3, 0.4) is 0 Å². The van der Waals surface area contributed by atoms with Gasteiger partial charge in [0.1, 0.15) is 4.21 Å². The Balaban J connectivity index is 2.40. The molecule has 4 nitrogen and oxygen atoms in total. The van der Waals surface area contributed by atoms with E-state index in [1.165, 1.54) is 34.0 Å². The molecule has 0 fully saturated rings. The van der Waals surface area contributed by atoms with Crippen LogP contribution in [0.2, 0.25) is 0 Å². The van der Waals surface area contributed by atoms with Crippen LogP contribution < -0.4 is 4.31 Å². The van der Waals surface area contributed by atoms with Gasteiger partial charge in [-0.1, -0.05) is 6.07 Å². The molecule has 0 aliphatic rings. The van der Waals surface area contributed by atoms with Gasteiger partial charge in [0, 0.05) is 18.6 Å². The smallest absolute Gasteiger partial charge is 0.244 e. The minimum atomic E-state index is -3.42. The first kappa shape index (κ1) is 10.6. The Labute approximate surface area is 95.9 Å². The minimum absolute atomic E-state index is 0.334. The zero-order chi connectivity index (χ0) is 10.9. The lowest BCUT2D eigenvalue weighted by Gasteiger charge is -2.14. The highest BCUT2D eigenvalue weighted by atomic mass is 32.2. The van der Waals surface area contributed by atoms with Crippen molar-refractivity contribution in [3.8, 4) is 0 Å². The van der Waals surface area contributed by atoms with Gasteiger partial charge >= 0.3 is 0 Å². The van der Waals surface area contributed by atoms with Crippen molar-refractivity contribution in [2.75, 3.05) is 11.4 Å². The first-order valence-electron chi connectivity index (χ1n) is 4.04. The number of thiophene rings is 1. The summed E-state index contributed by atoms with van der Waals surface area (Å²) >= 11 is 2.50. The second-order valence-electron chi connectivity index (χ2n) is 2.72. The summed E-state index contributed by atoms with van der Waals surface area (Å²) in [5.74, 6) is 0. The second-order valence-corrected chi connectivity index (χ2v) is 6.74. The van der Waals surface area contributed by atoms with Gasteiger partial charge in [0.25, 0.3) is 10.0 Å². The van der Waals surface area contributed by atoms with E-state index in [4.69, 9.17) is 0 Å². The Morgan fingerprint density at radius 2 is 2.13 bits per heavy atom. The fourth-order valence-corrected chi connectivity index (χ4v) is 4.17. The molecule has 7 heteroatoms. The molecule has 2 aromatic heterocycles. The quantitative estimate of drug-likeness (QED) is 0.848. The maximum absolute atomic E-state index is 12.0. The first-order chi connectivity index (χ1) is 7.12. The van der Waals surface area contributed by atoms with E-state index < -0.39 is 10.0 Å². The molecule has 0 saturated carbocycles. The van der Waals surface area contributed by atoms with Crippen molar-refractivity contribution in [1.29, 1.82) is 0 Å². The molecule has 0 N–H and O–H groups in total. The number of hydrogen-bond acceptors (Lipinski definition) is 5. The SMILES string of the molecule is CN(c1nccs1)S(=O)(=O)c1cccs1. The zero-order valence-electron chi connectivity index (χ0n) is 7.82. The Kier molecular flexibility index (Phi) is 2.76. The van der Waals surface area contributed by atoms with Crippen LogP contribution in [-0.2, 0) is 10.0 Å². The largest absolute Gasteiger partial charge is 0.275 e. The summed E-state index contributed by atoms with van der Waals surface area (Å²) in [4.78, 5) is 3.96. The molecule has 0 aromatic carbocycles. The van der Waals surface area contributed by atoms with E-state index in [9.17, 15) is 8.42 Å². The van der Waals surface area contributed by atoms with Crippen LogP contribution in [0.5, 0.6) is 0 Å². The van der Waals surface area contributed by atoms with Gasteiger partial charge in [-0.3, -0.25) is 0 Å². The highest BCUT2D eigenvalue weighted by Crippen LogP contribution is 2.25. The highest BCUT2D eigenvalue weighted by Gasteiger charge is 2.23. The molecule has 0 radical (unpaired) electrons. The van der Waals surface area contributed by atoms with E-state index in [0.29, 0.717) is 9.34 Å². The summed E-state index contributed by atoms with van der Waals surface area (Å²) in [5, 5.41) is 3.96. The summed E-state index contributed by atoms with van der Waals surface area (Å²) in [7, 11) is -1.91. The number of nitrogens with zero attached hydrogens (tertiary/aromatic N) is 2. The third-order valence-corrected chi connectivity index (χ3v) is 5.88. The zero-order valence-corrected chi connectivity index (χ0v) is 10.3. The number of rotatable bonds is 3. The summed E-state index contributed by atoms with van der Waals surface area (Å²) in [6.45, 7) is 0. The van der Waals surface area contributed by atoms with Gasteiger partial charge in [-0.25, -0.2) is 17.7 Å². The van der Waals surface area contributed by atoms with Crippen LogP contribution in [-0.4, -0.2) is 20.4 Å². The van der Waals surface area contributed by atoms with Gasteiger partial charge in [-0.05, 0) is 11.4 Å². The summed E-state index contributed by atoms with van der Waals surface area (Å²) in [6.07, 6.45) is 1.58. The first-order valence-corrected chi connectivity index (χ1v) is 7.24. The van der Waals surface area contributed by atoms with Gasteiger partial charge < -0.3 is 0 Å². The maximum atomic E-state index is 12.0. The van der Waals surface area contributed by atoms with Gasteiger partial charge in [0.15, 0.2) is 5.13 Å². The topological polar surface area (TPSA) is 50.3 Å². The molecule has 0 saturated heterocycles. The van der Waals surface area contributed by atoms with Crippen molar-refractivity contribution < 1.29 is 8.42 Å². The Bertz CT molecular complexity index is 516. The summed E-state index contributed by atoms with van der Waals surface area (Å²) in [5.41, 5.74) is 0. The number of aromatic nitrogens is 1. The number of sulfonamides is 1. The van der Waals surface area contributed by atoms with Crippen molar-refractivity contribution >= 4 is 37.8 Å². The molecule has 2 aromatic rings. The molecule has 0 aliphatic heterocycles. The Hall–Kier alpha value is -0.920. The second kappa shape index (κ2) is 3.92. The number of anilines is 1. The number of hydrogen-bond donors (Lipinski definition) is 0. The molecule has 80 valence electrons. The van der Waals surface area contributed by atoms with E-state index in [0.717, 1.165) is 0 Å². The van der Waals surface area contributed by atoms with Crippen LogP contribution in [0.1, 0.15) is 0 Å². The van der Waals surface area contributed by atoms with Gasteiger partial charge in [-0.15, -0.1) is 22.7 Å². The van der Waals surface area contributed by atoms with E-state index in [2.05, 4.69) is 4.98 Å². The normalized spacial score (nSPS) is 11.5. The average molecular weight is 260 g/mol. The van der Waals surface area contributed by atoms with Crippen molar-refractivity contribution in [3.63, 3.8) is 0 Å². The van der Waals surface area contributed by atoms with Gasteiger partial charge in [-0.2, -0.15) is 0 Å². The highest BCUT2D eigenvalue weighted by molar-refractivity contribution is 7.94. The van der Waals surface area contributed by atoms with Crippen molar-refractivity contribution in [2.24, 2.45) is 0 Å². The predicted molar refractivity (Wildman–Crippen MR) is 62.0 cm³/mol. The molecule has 15 heavy (non-hydrogen) atoms. The summed E-state index contributed by atoms with van der Waals surface area (Å²) in [6, 6.07) is 3.30. The summed E-state index contributed by atoms with van der Waals surface area (Å²) < 4.78 is 25.5. The fraction of sp³-hybridized carbons (Fsp3) is 0.125. The van der Waals surface area contributed by atoms with Gasteiger partial charge in [0.05, 0.1) is 0 Å². The monoisotopic (exact) mass is 260 g/mol. The molecular weight excluding hydrogens is 252 g/mol. The minimum Gasteiger partial charge on any atom is -0.244 e. The maximum Gasteiger partial charge on any atom is 0.275 e. The van der Waals surface area contributed by atoms with Gasteiger partial charge in [0.2, 0.25) is 0 Å².